The number of rotatable bonds is 4. The Morgan fingerprint density at radius 1 is 1.00 bits per heavy atom. The molecule has 0 bridgehead atoms. The van der Waals surface area contributed by atoms with Crippen molar-refractivity contribution in [3.05, 3.63) is 58.6 Å². The Bertz CT molecular complexity index is 954. The van der Waals surface area contributed by atoms with Gasteiger partial charge in [0.05, 0.1) is 10.7 Å². The molecule has 2 aliphatic rings. The predicted molar refractivity (Wildman–Crippen MR) is 138 cm³/mol. The van der Waals surface area contributed by atoms with Crippen LogP contribution in [-0.4, -0.2) is 32.6 Å². The molecule has 5 nitrogen and oxygen atoms in total. The van der Waals surface area contributed by atoms with E-state index in [1.807, 2.05) is 27.4 Å². The van der Waals surface area contributed by atoms with E-state index in [1.54, 1.807) is 6.07 Å². The fourth-order valence-corrected chi connectivity index (χ4v) is 4.67. The Balaban J connectivity index is 0.000000949. The Hall–Kier alpha value is -2.80. The molecule has 1 saturated carbocycles. The molecule has 4 rings (SSSR count). The van der Waals surface area contributed by atoms with E-state index in [-0.39, 0.29) is 16.7 Å². The van der Waals surface area contributed by atoms with Gasteiger partial charge in [0.25, 0.3) is 5.91 Å². The molecular weight excluding hydrogens is 474 g/mol. The van der Waals surface area contributed by atoms with Crippen molar-refractivity contribution >= 4 is 42.5 Å². The van der Waals surface area contributed by atoms with Gasteiger partial charge >= 0.3 is 0 Å². The van der Waals surface area contributed by atoms with E-state index in [9.17, 15) is 13.6 Å². The highest BCUT2D eigenvalue weighted by molar-refractivity contribution is 6.31. The fourth-order valence-electron chi connectivity index (χ4n) is 4.49. The number of halogens is 3. The smallest absolute Gasteiger partial charge is 0.255 e. The molecule has 2 fully saturated rings. The quantitative estimate of drug-likeness (QED) is 0.493. The van der Waals surface area contributed by atoms with Crippen molar-refractivity contribution < 1.29 is 23.2 Å². The standard InChI is InChI=1S/C23H25ClF2N2O.C2H6.2CH2O/c1-14-13-28(10-2-3-18(14)15-4-5-15)22-11-16(6-8-21(22)26)23(29)27-17-7-9-20(25)19(24)12-17;3*1-2/h6-9,11-12,14-15,18H,2-5,10,13H2,1H3,(H,27,29);1-2H3;2*1H2. The Labute approximate surface area is 211 Å². The maximum absolute atomic E-state index is 14.6. The van der Waals surface area contributed by atoms with Gasteiger partial charge in [-0.2, -0.15) is 0 Å². The molecule has 2 aromatic carbocycles. The second-order valence-corrected chi connectivity index (χ2v) is 8.72. The summed E-state index contributed by atoms with van der Waals surface area (Å²) in [7, 11) is 0. The highest BCUT2D eigenvalue weighted by atomic mass is 35.5. The molecule has 1 N–H and O–H groups in total. The van der Waals surface area contributed by atoms with Crippen LogP contribution in [0.2, 0.25) is 5.02 Å². The molecule has 2 unspecified atom stereocenters. The molecule has 1 heterocycles. The molecule has 1 saturated heterocycles. The van der Waals surface area contributed by atoms with Crippen LogP contribution in [0.15, 0.2) is 36.4 Å². The summed E-state index contributed by atoms with van der Waals surface area (Å²) in [6.07, 6.45) is 4.88. The zero-order valence-electron chi connectivity index (χ0n) is 20.7. The van der Waals surface area contributed by atoms with E-state index in [2.05, 4.69) is 17.1 Å². The number of hydrogen-bond donors (Lipinski definition) is 1. The van der Waals surface area contributed by atoms with Gasteiger partial charge in [0.15, 0.2) is 0 Å². The number of carbonyl (C=O) groups excluding carboxylic acids is 3. The maximum Gasteiger partial charge on any atom is 0.255 e. The van der Waals surface area contributed by atoms with E-state index in [1.165, 1.54) is 49.6 Å². The first-order chi connectivity index (χ1) is 16.9. The van der Waals surface area contributed by atoms with Gasteiger partial charge in [0.2, 0.25) is 0 Å². The van der Waals surface area contributed by atoms with Crippen molar-refractivity contribution in [3.63, 3.8) is 0 Å². The molecule has 2 atom stereocenters. The number of anilines is 2. The van der Waals surface area contributed by atoms with Gasteiger partial charge < -0.3 is 19.8 Å². The minimum absolute atomic E-state index is 0.0635. The van der Waals surface area contributed by atoms with Gasteiger partial charge in [-0.1, -0.05) is 32.4 Å². The summed E-state index contributed by atoms with van der Waals surface area (Å²) < 4.78 is 28.0. The minimum Gasteiger partial charge on any atom is -0.369 e. The average Bonchev–Trinajstić information content (AvgIpc) is 3.73. The van der Waals surface area contributed by atoms with E-state index in [0.29, 0.717) is 22.9 Å². The van der Waals surface area contributed by atoms with Crippen LogP contribution < -0.4 is 10.2 Å². The van der Waals surface area contributed by atoms with E-state index >= 15 is 0 Å². The maximum atomic E-state index is 14.6. The first-order valence-electron chi connectivity index (χ1n) is 11.8. The normalized spacial score (nSPS) is 18.9. The van der Waals surface area contributed by atoms with Gasteiger partial charge in [-0.05, 0) is 79.8 Å². The number of nitrogens with zero attached hydrogens (tertiary/aromatic N) is 1. The summed E-state index contributed by atoms with van der Waals surface area (Å²) >= 11 is 5.78. The predicted octanol–water partition coefficient (Wildman–Crippen LogP) is 6.79. The summed E-state index contributed by atoms with van der Waals surface area (Å²) in [4.78, 5) is 30.7. The van der Waals surface area contributed by atoms with Crippen LogP contribution in [0.5, 0.6) is 0 Å². The van der Waals surface area contributed by atoms with Crippen molar-refractivity contribution in [1.82, 2.24) is 0 Å². The van der Waals surface area contributed by atoms with E-state index in [4.69, 9.17) is 21.2 Å². The summed E-state index contributed by atoms with van der Waals surface area (Å²) in [6, 6.07) is 8.41. The molecule has 2 aromatic rings. The third kappa shape index (κ3) is 8.42. The first-order valence-corrected chi connectivity index (χ1v) is 12.2. The Morgan fingerprint density at radius 3 is 2.23 bits per heavy atom. The number of hydrogen-bond acceptors (Lipinski definition) is 4. The lowest BCUT2D eigenvalue weighted by Crippen LogP contribution is -2.30. The third-order valence-corrected chi connectivity index (χ3v) is 6.45. The lowest BCUT2D eigenvalue weighted by Gasteiger charge is -2.28. The van der Waals surface area contributed by atoms with Gasteiger partial charge in [-0.3, -0.25) is 4.79 Å². The number of amides is 1. The minimum atomic E-state index is -0.548. The third-order valence-electron chi connectivity index (χ3n) is 6.16. The Kier molecular flexibility index (Phi) is 13.2. The molecule has 1 amide bonds. The van der Waals surface area contributed by atoms with Crippen molar-refractivity contribution in [3.8, 4) is 0 Å². The molecule has 8 heteroatoms. The van der Waals surface area contributed by atoms with Gasteiger partial charge in [-0.15, -0.1) is 0 Å². The van der Waals surface area contributed by atoms with Crippen LogP contribution in [0, 0.1) is 29.4 Å². The summed E-state index contributed by atoms with van der Waals surface area (Å²) in [5.41, 5.74) is 1.22. The van der Waals surface area contributed by atoms with Crippen molar-refractivity contribution in [2.45, 2.75) is 46.5 Å². The zero-order chi connectivity index (χ0) is 26.5. The van der Waals surface area contributed by atoms with Gasteiger partial charge in [0, 0.05) is 24.3 Å². The van der Waals surface area contributed by atoms with Crippen LogP contribution in [-0.2, 0) is 9.59 Å². The molecule has 0 aromatic heterocycles. The van der Waals surface area contributed by atoms with Crippen LogP contribution in [0.4, 0.5) is 20.2 Å². The van der Waals surface area contributed by atoms with Crippen LogP contribution >= 0.6 is 11.6 Å². The van der Waals surface area contributed by atoms with Gasteiger partial charge in [0.1, 0.15) is 25.2 Å². The molecule has 1 aliphatic heterocycles. The average molecular weight is 509 g/mol. The first kappa shape index (κ1) is 30.2. The zero-order valence-corrected chi connectivity index (χ0v) is 21.4. The van der Waals surface area contributed by atoms with Crippen LogP contribution in [0.3, 0.4) is 0 Å². The molecule has 0 radical (unpaired) electrons. The van der Waals surface area contributed by atoms with Gasteiger partial charge in [-0.25, -0.2) is 8.78 Å². The second-order valence-electron chi connectivity index (χ2n) is 8.32. The van der Waals surface area contributed by atoms with Crippen molar-refractivity contribution in [1.29, 1.82) is 0 Å². The molecular formula is C27H35ClF2N2O3. The van der Waals surface area contributed by atoms with Crippen LogP contribution in [0.25, 0.3) is 0 Å². The molecule has 192 valence electrons. The van der Waals surface area contributed by atoms with Crippen molar-refractivity contribution in [2.24, 2.45) is 17.8 Å². The largest absolute Gasteiger partial charge is 0.369 e. The number of nitrogens with one attached hydrogen (secondary N) is 1. The Morgan fingerprint density at radius 2 is 1.63 bits per heavy atom. The topological polar surface area (TPSA) is 66.5 Å². The monoisotopic (exact) mass is 508 g/mol. The highest BCUT2D eigenvalue weighted by Crippen LogP contribution is 2.44. The summed E-state index contributed by atoms with van der Waals surface area (Å²) in [6.45, 7) is 11.9. The SMILES string of the molecule is C=O.C=O.CC.CC1CN(c2cc(C(=O)Nc3ccc(F)c(Cl)c3)ccc2F)CCCC1C1CC1. The molecule has 0 spiro atoms. The van der Waals surface area contributed by atoms with Crippen LogP contribution in [0.1, 0.15) is 56.8 Å². The van der Waals surface area contributed by atoms with E-state index < -0.39 is 5.82 Å². The highest BCUT2D eigenvalue weighted by Gasteiger charge is 2.36. The molecule has 1 aliphatic carbocycles. The van der Waals surface area contributed by atoms with Crippen molar-refractivity contribution in [2.75, 3.05) is 23.3 Å². The summed E-state index contributed by atoms with van der Waals surface area (Å²) in [5.74, 6) is 0.820. The lowest BCUT2D eigenvalue weighted by atomic mass is 9.86. The number of carbonyl (C=O) groups is 3. The van der Waals surface area contributed by atoms with E-state index in [0.717, 1.165) is 31.3 Å². The molecule has 35 heavy (non-hydrogen) atoms. The fraction of sp³-hybridized carbons (Fsp3) is 0.444. The second kappa shape index (κ2) is 15.2. The lowest BCUT2D eigenvalue weighted by molar-refractivity contribution is -0.0987. The summed E-state index contributed by atoms with van der Waals surface area (Å²) in [5, 5.41) is 2.63. The number of benzene rings is 2.